The Bertz CT molecular complexity index is 246. The lowest BCUT2D eigenvalue weighted by Gasteiger charge is -2.43. The zero-order valence-electron chi connectivity index (χ0n) is 9.79. The van der Waals surface area contributed by atoms with Gasteiger partial charge in [0.25, 0.3) is 0 Å². The fourth-order valence-electron chi connectivity index (χ4n) is 2.91. The number of methoxy groups -OCH3 is 1. The Morgan fingerprint density at radius 2 is 2.13 bits per heavy atom. The van der Waals surface area contributed by atoms with Crippen LogP contribution in [0, 0.1) is 5.41 Å². The normalized spacial score (nSPS) is 29.9. The second kappa shape index (κ2) is 4.12. The van der Waals surface area contributed by atoms with Crippen LogP contribution in [-0.2, 0) is 9.53 Å². The Labute approximate surface area is 91.8 Å². The van der Waals surface area contributed by atoms with Crippen molar-refractivity contribution in [3.8, 4) is 0 Å². The molecule has 0 spiro atoms. The van der Waals surface area contributed by atoms with Gasteiger partial charge in [0.05, 0.1) is 7.11 Å². The smallest absolute Gasteiger partial charge is 0.323 e. The summed E-state index contributed by atoms with van der Waals surface area (Å²) in [6, 6.07) is 0.0485. The van der Waals surface area contributed by atoms with Crippen molar-refractivity contribution in [3.63, 3.8) is 0 Å². The van der Waals surface area contributed by atoms with Crippen molar-refractivity contribution >= 4 is 5.97 Å². The van der Waals surface area contributed by atoms with E-state index >= 15 is 0 Å². The van der Waals surface area contributed by atoms with E-state index in [9.17, 15) is 4.79 Å². The van der Waals surface area contributed by atoms with E-state index in [2.05, 4.69) is 11.8 Å². The van der Waals surface area contributed by atoms with Crippen LogP contribution in [0.15, 0.2) is 0 Å². The van der Waals surface area contributed by atoms with Crippen LogP contribution >= 0.6 is 0 Å². The van der Waals surface area contributed by atoms with Crippen molar-refractivity contribution in [3.05, 3.63) is 0 Å². The van der Waals surface area contributed by atoms with E-state index < -0.39 is 0 Å². The lowest BCUT2D eigenvalue weighted by atomic mass is 9.86. The number of hydrogen-bond donors (Lipinski definition) is 0. The molecule has 15 heavy (non-hydrogen) atoms. The molecule has 1 saturated carbocycles. The summed E-state index contributed by atoms with van der Waals surface area (Å²) < 4.78 is 4.80. The summed E-state index contributed by atoms with van der Waals surface area (Å²) in [5.41, 5.74) is 0.451. The maximum absolute atomic E-state index is 11.4. The molecule has 1 saturated heterocycles. The van der Waals surface area contributed by atoms with Crippen molar-refractivity contribution in [2.75, 3.05) is 20.2 Å². The van der Waals surface area contributed by atoms with Gasteiger partial charge in [-0.2, -0.15) is 0 Å². The number of carbonyl (C=O) groups excluding carboxylic acids is 1. The first kappa shape index (κ1) is 10.9. The molecular weight excluding hydrogens is 190 g/mol. The first-order valence-electron chi connectivity index (χ1n) is 5.96. The minimum Gasteiger partial charge on any atom is -0.468 e. The predicted molar refractivity (Wildman–Crippen MR) is 58.6 cm³/mol. The van der Waals surface area contributed by atoms with E-state index in [0.717, 1.165) is 19.5 Å². The van der Waals surface area contributed by atoms with Gasteiger partial charge in [0.1, 0.15) is 6.04 Å². The lowest BCUT2D eigenvalue weighted by molar-refractivity contribution is -0.153. The Hall–Kier alpha value is -0.570. The molecule has 1 atom stereocenters. The van der Waals surface area contributed by atoms with Gasteiger partial charge in [-0.1, -0.05) is 19.8 Å². The topological polar surface area (TPSA) is 29.5 Å². The van der Waals surface area contributed by atoms with Gasteiger partial charge in [0.2, 0.25) is 0 Å². The summed E-state index contributed by atoms with van der Waals surface area (Å²) in [7, 11) is 1.48. The Balaban J connectivity index is 1.87. The van der Waals surface area contributed by atoms with Crippen LogP contribution in [0.2, 0.25) is 0 Å². The van der Waals surface area contributed by atoms with Crippen molar-refractivity contribution in [2.24, 2.45) is 5.41 Å². The Morgan fingerprint density at radius 3 is 2.60 bits per heavy atom. The van der Waals surface area contributed by atoms with Gasteiger partial charge in [0, 0.05) is 13.1 Å². The summed E-state index contributed by atoms with van der Waals surface area (Å²) in [4.78, 5) is 13.7. The number of rotatable bonds is 3. The number of nitrogens with zero attached hydrogens (tertiary/aromatic N) is 1. The zero-order chi connectivity index (χ0) is 10.9. The summed E-state index contributed by atoms with van der Waals surface area (Å²) in [6.07, 6.45) is 6.32. The van der Waals surface area contributed by atoms with Gasteiger partial charge in [-0.05, 0) is 24.7 Å². The minimum absolute atomic E-state index is 0.0485. The van der Waals surface area contributed by atoms with Gasteiger partial charge in [-0.15, -0.1) is 0 Å². The maximum atomic E-state index is 11.4. The van der Waals surface area contributed by atoms with Crippen molar-refractivity contribution in [2.45, 2.75) is 45.1 Å². The van der Waals surface area contributed by atoms with Gasteiger partial charge in [0.15, 0.2) is 0 Å². The van der Waals surface area contributed by atoms with E-state index in [0.29, 0.717) is 5.41 Å². The molecule has 3 heteroatoms. The Kier molecular flexibility index (Phi) is 3.01. The van der Waals surface area contributed by atoms with E-state index in [-0.39, 0.29) is 12.0 Å². The molecule has 0 bridgehead atoms. The molecule has 2 fully saturated rings. The average Bonchev–Trinajstić information content (AvgIpc) is 2.60. The van der Waals surface area contributed by atoms with E-state index in [4.69, 9.17) is 4.74 Å². The van der Waals surface area contributed by atoms with Crippen molar-refractivity contribution in [1.82, 2.24) is 4.90 Å². The molecule has 1 aliphatic carbocycles. The fraction of sp³-hybridized carbons (Fsp3) is 0.917. The van der Waals surface area contributed by atoms with Gasteiger partial charge >= 0.3 is 5.97 Å². The SMILES string of the molecule is COC(=O)C1CCN1CC1(C)CCCC1. The number of esters is 1. The minimum atomic E-state index is -0.0529. The second-order valence-corrected chi connectivity index (χ2v) is 5.32. The molecular formula is C12H21NO2. The highest BCUT2D eigenvalue weighted by atomic mass is 16.5. The summed E-state index contributed by atoms with van der Waals surface area (Å²) >= 11 is 0. The van der Waals surface area contributed by atoms with E-state index in [1.807, 2.05) is 0 Å². The van der Waals surface area contributed by atoms with Crippen LogP contribution < -0.4 is 0 Å². The summed E-state index contributed by atoms with van der Waals surface area (Å²) in [5, 5.41) is 0. The molecule has 0 N–H and O–H groups in total. The third-order valence-electron chi connectivity index (χ3n) is 4.00. The van der Waals surface area contributed by atoms with Crippen molar-refractivity contribution in [1.29, 1.82) is 0 Å². The average molecular weight is 211 g/mol. The molecule has 0 aromatic heterocycles. The standard InChI is InChI=1S/C12H21NO2/c1-12(6-3-4-7-12)9-13-8-5-10(13)11(14)15-2/h10H,3-9H2,1-2H3. The molecule has 0 radical (unpaired) electrons. The highest BCUT2D eigenvalue weighted by molar-refractivity contribution is 5.76. The zero-order valence-corrected chi connectivity index (χ0v) is 9.79. The van der Waals surface area contributed by atoms with Crippen LogP contribution in [0.25, 0.3) is 0 Å². The Morgan fingerprint density at radius 1 is 1.47 bits per heavy atom. The molecule has 1 unspecified atom stereocenters. The first-order chi connectivity index (χ1) is 7.14. The molecule has 0 aromatic carbocycles. The number of carbonyl (C=O) groups is 1. The molecule has 1 aliphatic heterocycles. The summed E-state index contributed by atoms with van der Waals surface area (Å²) in [5.74, 6) is -0.0529. The molecule has 0 aromatic rings. The fourth-order valence-corrected chi connectivity index (χ4v) is 2.91. The largest absolute Gasteiger partial charge is 0.468 e. The first-order valence-corrected chi connectivity index (χ1v) is 5.96. The van der Waals surface area contributed by atoms with Gasteiger partial charge < -0.3 is 4.74 Å². The van der Waals surface area contributed by atoms with E-state index in [1.54, 1.807) is 0 Å². The van der Waals surface area contributed by atoms with Crippen molar-refractivity contribution < 1.29 is 9.53 Å². The predicted octanol–water partition coefficient (Wildman–Crippen LogP) is 1.81. The quantitative estimate of drug-likeness (QED) is 0.667. The molecule has 1 heterocycles. The van der Waals surface area contributed by atoms with Crippen LogP contribution in [0.3, 0.4) is 0 Å². The lowest BCUT2D eigenvalue weighted by Crippen LogP contribution is -2.55. The monoisotopic (exact) mass is 211 g/mol. The molecule has 0 amide bonds. The van der Waals surface area contributed by atoms with Crippen LogP contribution in [-0.4, -0.2) is 37.1 Å². The van der Waals surface area contributed by atoms with Gasteiger partial charge in [-0.3, -0.25) is 9.69 Å². The second-order valence-electron chi connectivity index (χ2n) is 5.32. The van der Waals surface area contributed by atoms with Crippen LogP contribution in [0.1, 0.15) is 39.0 Å². The molecule has 86 valence electrons. The summed E-state index contributed by atoms with van der Waals surface area (Å²) in [6.45, 7) is 4.49. The van der Waals surface area contributed by atoms with Crippen LogP contribution in [0.4, 0.5) is 0 Å². The van der Waals surface area contributed by atoms with Gasteiger partial charge in [-0.25, -0.2) is 0 Å². The molecule has 3 nitrogen and oxygen atoms in total. The molecule has 2 aliphatic rings. The van der Waals surface area contributed by atoms with E-state index in [1.165, 1.54) is 32.8 Å². The third-order valence-corrected chi connectivity index (χ3v) is 4.00. The number of hydrogen-bond acceptors (Lipinski definition) is 3. The highest BCUT2D eigenvalue weighted by Gasteiger charge is 2.40. The molecule has 2 rings (SSSR count). The number of ether oxygens (including phenoxy) is 1. The third kappa shape index (κ3) is 2.17. The number of likely N-dealkylation sites (tertiary alicyclic amines) is 1. The van der Waals surface area contributed by atoms with Crippen LogP contribution in [0.5, 0.6) is 0 Å². The maximum Gasteiger partial charge on any atom is 0.323 e. The highest BCUT2D eigenvalue weighted by Crippen LogP contribution is 2.39.